The lowest BCUT2D eigenvalue weighted by Gasteiger charge is -2.11. The van der Waals surface area contributed by atoms with Gasteiger partial charge in [-0.1, -0.05) is 6.92 Å². The van der Waals surface area contributed by atoms with E-state index in [9.17, 15) is 4.79 Å². The molecule has 1 amide bonds. The molecule has 0 unspecified atom stereocenters. The molecule has 0 atom stereocenters. The number of aromatic nitrogens is 2. The van der Waals surface area contributed by atoms with Gasteiger partial charge in [-0.3, -0.25) is 4.79 Å². The van der Waals surface area contributed by atoms with Crippen LogP contribution in [-0.2, 0) is 16.1 Å². The SMILES string of the molecule is CCCNc1cc(NCCNC(C)=O)nc(COCC)n1. The number of anilines is 2. The molecule has 1 heterocycles. The van der Waals surface area contributed by atoms with Gasteiger partial charge in [-0.2, -0.15) is 0 Å². The Kier molecular flexibility index (Phi) is 8.11. The topological polar surface area (TPSA) is 88.2 Å². The predicted molar refractivity (Wildman–Crippen MR) is 83.3 cm³/mol. The highest BCUT2D eigenvalue weighted by molar-refractivity contribution is 5.72. The summed E-state index contributed by atoms with van der Waals surface area (Å²) in [7, 11) is 0. The molecule has 0 aromatic carbocycles. The van der Waals surface area contributed by atoms with Crippen LogP contribution in [0.5, 0.6) is 0 Å². The molecule has 21 heavy (non-hydrogen) atoms. The molecule has 0 aliphatic rings. The number of hydrogen-bond acceptors (Lipinski definition) is 6. The summed E-state index contributed by atoms with van der Waals surface area (Å²) in [4.78, 5) is 19.6. The standard InChI is InChI=1S/C14H25N5O2/c1-4-6-16-12-9-13(17-8-7-15-11(3)20)19-14(18-12)10-21-5-2/h9H,4-8,10H2,1-3H3,(H,15,20)(H2,16,17,18,19). The summed E-state index contributed by atoms with van der Waals surface area (Å²) in [6.45, 7) is 8.57. The average Bonchev–Trinajstić information content (AvgIpc) is 2.47. The van der Waals surface area contributed by atoms with Gasteiger partial charge in [0.15, 0.2) is 5.82 Å². The van der Waals surface area contributed by atoms with Gasteiger partial charge >= 0.3 is 0 Å². The minimum Gasteiger partial charge on any atom is -0.374 e. The highest BCUT2D eigenvalue weighted by Crippen LogP contribution is 2.12. The number of ether oxygens (including phenoxy) is 1. The fourth-order valence-corrected chi connectivity index (χ4v) is 1.62. The maximum absolute atomic E-state index is 10.8. The van der Waals surface area contributed by atoms with Crippen molar-refractivity contribution in [3.05, 3.63) is 11.9 Å². The number of nitrogens with zero attached hydrogens (tertiary/aromatic N) is 2. The van der Waals surface area contributed by atoms with E-state index in [1.54, 1.807) is 0 Å². The minimum atomic E-state index is -0.0400. The van der Waals surface area contributed by atoms with E-state index in [0.29, 0.717) is 32.1 Å². The van der Waals surface area contributed by atoms with Gasteiger partial charge in [0.05, 0.1) is 0 Å². The van der Waals surface area contributed by atoms with Crippen LogP contribution < -0.4 is 16.0 Å². The Balaban J connectivity index is 2.63. The Bertz CT molecular complexity index is 413. The predicted octanol–water partition coefficient (Wildman–Crippen LogP) is 1.38. The first-order chi connectivity index (χ1) is 10.2. The number of carbonyl (C=O) groups excluding carboxylic acids is 1. The van der Waals surface area contributed by atoms with Crippen LogP contribution >= 0.6 is 0 Å². The second-order valence-corrected chi connectivity index (χ2v) is 4.53. The molecule has 0 aliphatic heterocycles. The summed E-state index contributed by atoms with van der Waals surface area (Å²) in [6.07, 6.45) is 1.02. The van der Waals surface area contributed by atoms with Gasteiger partial charge in [0.2, 0.25) is 5.91 Å². The molecule has 0 saturated carbocycles. The summed E-state index contributed by atoms with van der Waals surface area (Å²) in [6, 6.07) is 1.86. The molecule has 1 rings (SSSR count). The second-order valence-electron chi connectivity index (χ2n) is 4.53. The minimum absolute atomic E-state index is 0.0400. The van der Waals surface area contributed by atoms with Gasteiger partial charge in [-0.15, -0.1) is 0 Å². The van der Waals surface area contributed by atoms with Crippen LogP contribution in [0.15, 0.2) is 6.07 Å². The molecule has 0 bridgehead atoms. The first kappa shape index (κ1) is 17.2. The first-order valence-corrected chi connectivity index (χ1v) is 7.33. The second kappa shape index (κ2) is 9.93. The van der Waals surface area contributed by atoms with Crippen molar-refractivity contribution < 1.29 is 9.53 Å². The molecular formula is C14H25N5O2. The van der Waals surface area contributed by atoms with E-state index in [1.807, 2.05) is 13.0 Å². The molecule has 3 N–H and O–H groups in total. The van der Waals surface area contributed by atoms with Crippen LogP contribution in [-0.4, -0.2) is 42.1 Å². The monoisotopic (exact) mass is 295 g/mol. The number of rotatable bonds is 10. The molecule has 0 fully saturated rings. The van der Waals surface area contributed by atoms with Crippen molar-refractivity contribution in [3.8, 4) is 0 Å². The lowest BCUT2D eigenvalue weighted by molar-refractivity contribution is -0.118. The van der Waals surface area contributed by atoms with Gasteiger partial charge < -0.3 is 20.7 Å². The van der Waals surface area contributed by atoms with Crippen LogP contribution in [0, 0.1) is 0 Å². The third kappa shape index (κ3) is 7.45. The van der Waals surface area contributed by atoms with Gasteiger partial charge in [0.25, 0.3) is 0 Å². The zero-order valence-corrected chi connectivity index (χ0v) is 13.0. The van der Waals surface area contributed by atoms with E-state index in [1.165, 1.54) is 6.92 Å². The largest absolute Gasteiger partial charge is 0.374 e. The van der Waals surface area contributed by atoms with Crippen LogP contribution in [0.4, 0.5) is 11.6 Å². The number of nitrogens with one attached hydrogen (secondary N) is 3. The van der Waals surface area contributed by atoms with E-state index in [4.69, 9.17) is 4.74 Å². The van der Waals surface area contributed by atoms with Crippen molar-refractivity contribution in [1.29, 1.82) is 0 Å². The normalized spacial score (nSPS) is 10.2. The molecule has 1 aromatic heterocycles. The summed E-state index contributed by atoms with van der Waals surface area (Å²) >= 11 is 0. The summed E-state index contributed by atoms with van der Waals surface area (Å²) < 4.78 is 5.35. The highest BCUT2D eigenvalue weighted by Gasteiger charge is 2.04. The van der Waals surface area contributed by atoms with Gasteiger partial charge in [-0.25, -0.2) is 9.97 Å². The van der Waals surface area contributed by atoms with E-state index >= 15 is 0 Å². The zero-order chi connectivity index (χ0) is 15.5. The molecule has 118 valence electrons. The molecule has 0 aliphatic carbocycles. The quantitative estimate of drug-likeness (QED) is 0.565. The van der Waals surface area contributed by atoms with Crippen molar-refractivity contribution in [1.82, 2.24) is 15.3 Å². The van der Waals surface area contributed by atoms with Gasteiger partial charge in [0, 0.05) is 39.2 Å². The van der Waals surface area contributed by atoms with Crippen LogP contribution in [0.2, 0.25) is 0 Å². The van der Waals surface area contributed by atoms with Crippen molar-refractivity contribution in [2.24, 2.45) is 0 Å². The Morgan fingerprint density at radius 3 is 2.38 bits per heavy atom. The van der Waals surface area contributed by atoms with Crippen molar-refractivity contribution >= 4 is 17.5 Å². The van der Waals surface area contributed by atoms with Crippen molar-refractivity contribution in [2.45, 2.75) is 33.8 Å². The first-order valence-electron chi connectivity index (χ1n) is 7.33. The van der Waals surface area contributed by atoms with E-state index in [2.05, 4.69) is 32.8 Å². The zero-order valence-electron chi connectivity index (χ0n) is 13.0. The lowest BCUT2D eigenvalue weighted by Crippen LogP contribution is -2.26. The van der Waals surface area contributed by atoms with Crippen molar-refractivity contribution in [3.63, 3.8) is 0 Å². The number of carbonyl (C=O) groups is 1. The van der Waals surface area contributed by atoms with E-state index in [0.717, 1.165) is 24.6 Å². The van der Waals surface area contributed by atoms with E-state index < -0.39 is 0 Å². The summed E-state index contributed by atoms with van der Waals surface area (Å²) in [5.74, 6) is 2.11. The Hall–Kier alpha value is -1.89. The van der Waals surface area contributed by atoms with Gasteiger partial charge in [0.1, 0.15) is 18.2 Å². The van der Waals surface area contributed by atoms with E-state index in [-0.39, 0.29) is 5.91 Å². The Morgan fingerprint density at radius 1 is 1.14 bits per heavy atom. The number of hydrogen-bond donors (Lipinski definition) is 3. The molecule has 7 nitrogen and oxygen atoms in total. The van der Waals surface area contributed by atoms with Crippen LogP contribution in [0.25, 0.3) is 0 Å². The molecule has 7 heteroatoms. The maximum Gasteiger partial charge on any atom is 0.216 e. The Morgan fingerprint density at radius 2 is 1.81 bits per heavy atom. The summed E-state index contributed by atoms with van der Waals surface area (Å²) in [5.41, 5.74) is 0. The Labute approximate surface area is 125 Å². The van der Waals surface area contributed by atoms with Crippen LogP contribution in [0.3, 0.4) is 0 Å². The average molecular weight is 295 g/mol. The maximum atomic E-state index is 10.8. The van der Waals surface area contributed by atoms with Crippen LogP contribution in [0.1, 0.15) is 33.0 Å². The summed E-state index contributed by atoms with van der Waals surface area (Å²) in [5, 5.41) is 9.14. The smallest absolute Gasteiger partial charge is 0.216 e. The lowest BCUT2D eigenvalue weighted by atomic mass is 10.4. The molecule has 0 radical (unpaired) electrons. The third-order valence-corrected chi connectivity index (χ3v) is 2.57. The third-order valence-electron chi connectivity index (χ3n) is 2.57. The molecule has 0 spiro atoms. The van der Waals surface area contributed by atoms with Crippen molar-refractivity contribution in [2.75, 3.05) is 36.9 Å². The fraction of sp³-hybridized carbons (Fsp3) is 0.643. The highest BCUT2D eigenvalue weighted by atomic mass is 16.5. The molecule has 1 aromatic rings. The van der Waals surface area contributed by atoms with Gasteiger partial charge in [-0.05, 0) is 13.3 Å². The molecule has 0 saturated heterocycles. The fourth-order valence-electron chi connectivity index (χ4n) is 1.62. The molecular weight excluding hydrogens is 270 g/mol. The number of amides is 1.